The van der Waals surface area contributed by atoms with Crippen LogP contribution < -0.4 is 0 Å². The molecule has 0 bridgehead atoms. The third-order valence-corrected chi connectivity index (χ3v) is 3.53. The second kappa shape index (κ2) is 8.72. The molecule has 4 heteroatoms. The van der Waals surface area contributed by atoms with E-state index in [9.17, 15) is 9.90 Å². The fourth-order valence-corrected chi connectivity index (χ4v) is 2.45. The Morgan fingerprint density at radius 2 is 1.95 bits per heavy atom. The van der Waals surface area contributed by atoms with E-state index in [2.05, 4.69) is 13.8 Å². The van der Waals surface area contributed by atoms with E-state index in [1.807, 2.05) is 24.3 Å². The number of amides is 1. The van der Waals surface area contributed by atoms with Gasteiger partial charge in [-0.1, -0.05) is 32.0 Å². The summed E-state index contributed by atoms with van der Waals surface area (Å²) in [5.74, 6) is -0.0274. The molecule has 0 fully saturated rings. The van der Waals surface area contributed by atoms with Crippen molar-refractivity contribution in [2.75, 3.05) is 20.3 Å². The Morgan fingerprint density at radius 1 is 1.30 bits per heavy atom. The summed E-state index contributed by atoms with van der Waals surface area (Å²) in [6.07, 6.45) is 1.77. The van der Waals surface area contributed by atoms with Crippen LogP contribution in [0.15, 0.2) is 24.3 Å². The van der Waals surface area contributed by atoms with Gasteiger partial charge in [-0.15, -0.1) is 0 Å². The fourth-order valence-electron chi connectivity index (χ4n) is 2.45. The van der Waals surface area contributed by atoms with Crippen molar-refractivity contribution in [3.05, 3.63) is 35.4 Å². The molecule has 0 aliphatic rings. The standard InChI is InChI=1S/C16H25NO3/c1-4-14(5-2)17(10-11-18)16(19)15-9-7-6-8-13(15)12-20-3/h6-9,14,18H,4-5,10-12H2,1-3H3. The molecule has 20 heavy (non-hydrogen) atoms. The average Bonchev–Trinajstić information content (AvgIpc) is 2.48. The quantitative estimate of drug-likeness (QED) is 0.795. The lowest BCUT2D eigenvalue weighted by molar-refractivity contribution is 0.0618. The molecule has 1 rings (SSSR count). The molecule has 0 aliphatic heterocycles. The molecule has 1 aromatic carbocycles. The maximum atomic E-state index is 12.7. The summed E-state index contributed by atoms with van der Waals surface area (Å²) < 4.78 is 5.15. The van der Waals surface area contributed by atoms with Gasteiger partial charge < -0.3 is 14.7 Å². The van der Waals surface area contributed by atoms with E-state index < -0.39 is 0 Å². The fraction of sp³-hybridized carbons (Fsp3) is 0.562. The lowest BCUT2D eigenvalue weighted by Gasteiger charge is -2.30. The van der Waals surface area contributed by atoms with E-state index in [1.165, 1.54) is 0 Å². The zero-order valence-electron chi connectivity index (χ0n) is 12.6. The van der Waals surface area contributed by atoms with Gasteiger partial charge in [0.1, 0.15) is 0 Å². The predicted molar refractivity (Wildman–Crippen MR) is 79.6 cm³/mol. The number of methoxy groups -OCH3 is 1. The summed E-state index contributed by atoms with van der Waals surface area (Å²) in [6, 6.07) is 7.64. The van der Waals surface area contributed by atoms with Crippen LogP contribution in [0.2, 0.25) is 0 Å². The maximum Gasteiger partial charge on any atom is 0.254 e. The van der Waals surface area contributed by atoms with Crippen molar-refractivity contribution < 1.29 is 14.6 Å². The minimum atomic E-state index is -0.0274. The monoisotopic (exact) mass is 279 g/mol. The van der Waals surface area contributed by atoms with E-state index in [0.29, 0.717) is 18.7 Å². The van der Waals surface area contributed by atoms with Crippen LogP contribution in [0.1, 0.15) is 42.6 Å². The van der Waals surface area contributed by atoms with Gasteiger partial charge in [0.15, 0.2) is 0 Å². The molecule has 0 saturated heterocycles. The van der Waals surface area contributed by atoms with Crippen LogP contribution in [0.5, 0.6) is 0 Å². The van der Waals surface area contributed by atoms with Crippen molar-refractivity contribution in [2.45, 2.75) is 39.3 Å². The van der Waals surface area contributed by atoms with Crippen LogP contribution >= 0.6 is 0 Å². The third kappa shape index (κ3) is 4.05. The Kier molecular flexibility index (Phi) is 7.26. The number of carbonyl (C=O) groups is 1. The SMILES string of the molecule is CCC(CC)N(CCO)C(=O)c1ccccc1COC. The molecule has 0 unspecified atom stereocenters. The number of ether oxygens (including phenoxy) is 1. The van der Waals surface area contributed by atoms with Crippen molar-refractivity contribution in [3.63, 3.8) is 0 Å². The van der Waals surface area contributed by atoms with Gasteiger partial charge in [-0.25, -0.2) is 0 Å². The molecule has 112 valence electrons. The summed E-state index contributed by atoms with van der Waals surface area (Å²) in [4.78, 5) is 14.5. The van der Waals surface area contributed by atoms with E-state index in [-0.39, 0.29) is 18.6 Å². The van der Waals surface area contributed by atoms with Gasteiger partial charge in [-0.2, -0.15) is 0 Å². The van der Waals surface area contributed by atoms with Crippen LogP contribution in [0.25, 0.3) is 0 Å². The predicted octanol–water partition coefficient (Wildman–Crippen LogP) is 2.46. The molecule has 0 atom stereocenters. The first-order valence-corrected chi connectivity index (χ1v) is 7.18. The largest absolute Gasteiger partial charge is 0.395 e. The highest BCUT2D eigenvalue weighted by Crippen LogP contribution is 2.17. The highest BCUT2D eigenvalue weighted by atomic mass is 16.5. The summed E-state index contributed by atoms with van der Waals surface area (Å²) >= 11 is 0. The second-order valence-electron chi connectivity index (χ2n) is 4.78. The highest BCUT2D eigenvalue weighted by Gasteiger charge is 2.23. The first-order valence-electron chi connectivity index (χ1n) is 7.18. The van der Waals surface area contributed by atoms with Crippen LogP contribution in [0, 0.1) is 0 Å². The van der Waals surface area contributed by atoms with Crippen molar-refractivity contribution in [1.29, 1.82) is 0 Å². The molecular formula is C16H25NO3. The molecule has 1 N–H and O–H groups in total. The minimum Gasteiger partial charge on any atom is -0.395 e. The van der Waals surface area contributed by atoms with Gasteiger partial charge in [-0.3, -0.25) is 4.79 Å². The topological polar surface area (TPSA) is 49.8 Å². The van der Waals surface area contributed by atoms with Crippen molar-refractivity contribution in [1.82, 2.24) is 4.90 Å². The Bertz CT molecular complexity index is 416. The van der Waals surface area contributed by atoms with Gasteiger partial charge >= 0.3 is 0 Å². The Balaban J connectivity index is 3.05. The van der Waals surface area contributed by atoms with E-state index in [1.54, 1.807) is 12.0 Å². The number of hydrogen-bond donors (Lipinski definition) is 1. The first kappa shape index (κ1) is 16.7. The van der Waals surface area contributed by atoms with Crippen molar-refractivity contribution in [2.24, 2.45) is 0 Å². The third-order valence-electron chi connectivity index (χ3n) is 3.53. The Labute approximate surface area is 121 Å². The number of hydrogen-bond acceptors (Lipinski definition) is 3. The van der Waals surface area contributed by atoms with Gasteiger partial charge in [0, 0.05) is 25.3 Å². The Morgan fingerprint density at radius 3 is 2.50 bits per heavy atom. The number of aliphatic hydroxyl groups excluding tert-OH is 1. The summed E-state index contributed by atoms with van der Waals surface area (Å²) in [5, 5.41) is 9.23. The zero-order valence-corrected chi connectivity index (χ0v) is 12.6. The molecule has 0 aliphatic carbocycles. The molecule has 0 aromatic heterocycles. The lowest BCUT2D eigenvalue weighted by Crippen LogP contribution is -2.42. The van der Waals surface area contributed by atoms with Gasteiger partial charge in [0.05, 0.1) is 13.2 Å². The van der Waals surface area contributed by atoms with Gasteiger partial charge in [-0.05, 0) is 24.5 Å². The van der Waals surface area contributed by atoms with Crippen LogP contribution in [-0.4, -0.2) is 42.2 Å². The van der Waals surface area contributed by atoms with Crippen molar-refractivity contribution in [3.8, 4) is 0 Å². The average molecular weight is 279 g/mol. The van der Waals surface area contributed by atoms with Crippen LogP contribution in [0.3, 0.4) is 0 Å². The Hall–Kier alpha value is -1.39. The van der Waals surface area contributed by atoms with E-state index >= 15 is 0 Å². The smallest absolute Gasteiger partial charge is 0.254 e. The van der Waals surface area contributed by atoms with Crippen molar-refractivity contribution >= 4 is 5.91 Å². The summed E-state index contributed by atoms with van der Waals surface area (Å²) in [5.41, 5.74) is 1.54. The zero-order chi connectivity index (χ0) is 15.0. The second-order valence-corrected chi connectivity index (χ2v) is 4.78. The highest BCUT2D eigenvalue weighted by molar-refractivity contribution is 5.95. The first-order chi connectivity index (χ1) is 9.69. The number of carbonyl (C=O) groups excluding carboxylic acids is 1. The molecule has 0 radical (unpaired) electrons. The summed E-state index contributed by atoms with van der Waals surface area (Å²) in [7, 11) is 1.62. The maximum absolute atomic E-state index is 12.7. The number of aliphatic hydroxyl groups is 1. The van der Waals surface area contributed by atoms with Gasteiger partial charge in [0.25, 0.3) is 5.91 Å². The molecule has 1 amide bonds. The molecule has 1 aromatic rings. The number of nitrogens with zero attached hydrogens (tertiary/aromatic N) is 1. The van der Waals surface area contributed by atoms with Gasteiger partial charge in [0.2, 0.25) is 0 Å². The molecule has 0 saturated carbocycles. The normalized spacial score (nSPS) is 10.8. The van der Waals surface area contributed by atoms with Crippen LogP contribution in [0.4, 0.5) is 0 Å². The minimum absolute atomic E-state index is 0.0192. The molecule has 0 heterocycles. The lowest BCUT2D eigenvalue weighted by atomic mass is 10.0. The number of benzene rings is 1. The molecule has 4 nitrogen and oxygen atoms in total. The van der Waals surface area contributed by atoms with E-state index in [4.69, 9.17) is 4.74 Å². The number of rotatable bonds is 8. The van der Waals surface area contributed by atoms with Crippen LogP contribution in [-0.2, 0) is 11.3 Å². The summed E-state index contributed by atoms with van der Waals surface area (Å²) in [6.45, 7) is 4.89. The van der Waals surface area contributed by atoms with E-state index in [0.717, 1.165) is 18.4 Å². The molecular weight excluding hydrogens is 254 g/mol. The molecule has 0 spiro atoms.